The molecule has 7 nitrogen and oxygen atoms in total. The number of aromatic carboxylic acids is 1. The summed E-state index contributed by atoms with van der Waals surface area (Å²) >= 11 is 0. The van der Waals surface area contributed by atoms with Crippen LogP contribution in [0.2, 0.25) is 0 Å². The highest BCUT2D eigenvalue weighted by Gasteiger charge is 2.35. The van der Waals surface area contributed by atoms with Crippen LogP contribution in [0.1, 0.15) is 34.0 Å². The SMILES string of the molecule is COc1ccc(OC)c(C2CC(=O)Nc3c(C(=O)O)cn(-c4ccccc4)c32)c1. The lowest BCUT2D eigenvalue weighted by molar-refractivity contribution is -0.116. The highest BCUT2D eigenvalue weighted by molar-refractivity contribution is 6.04. The van der Waals surface area contributed by atoms with E-state index in [0.717, 1.165) is 11.3 Å². The summed E-state index contributed by atoms with van der Waals surface area (Å²) < 4.78 is 12.7. The zero-order valence-electron chi connectivity index (χ0n) is 16.0. The molecule has 0 saturated heterocycles. The zero-order chi connectivity index (χ0) is 20.5. The number of carboxylic acids is 1. The number of hydrogen-bond acceptors (Lipinski definition) is 4. The van der Waals surface area contributed by atoms with Crippen LogP contribution in [0.4, 0.5) is 5.69 Å². The molecule has 29 heavy (non-hydrogen) atoms. The van der Waals surface area contributed by atoms with E-state index in [0.29, 0.717) is 22.9 Å². The number of nitrogens with one attached hydrogen (secondary N) is 1. The van der Waals surface area contributed by atoms with E-state index in [-0.39, 0.29) is 17.9 Å². The Morgan fingerprint density at radius 3 is 2.55 bits per heavy atom. The fourth-order valence-electron chi connectivity index (χ4n) is 3.80. The zero-order valence-corrected chi connectivity index (χ0v) is 16.0. The number of benzene rings is 2. The number of methoxy groups -OCH3 is 2. The molecule has 3 aromatic rings. The summed E-state index contributed by atoms with van der Waals surface area (Å²) in [6.45, 7) is 0. The van der Waals surface area contributed by atoms with Crippen LogP contribution >= 0.6 is 0 Å². The van der Waals surface area contributed by atoms with Gasteiger partial charge in [-0.1, -0.05) is 18.2 Å². The van der Waals surface area contributed by atoms with Crippen LogP contribution in [0.5, 0.6) is 11.5 Å². The van der Waals surface area contributed by atoms with Crippen molar-refractivity contribution in [2.45, 2.75) is 12.3 Å². The third-order valence-corrected chi connectivity index (χ3v) is 5.10. The summed E-state index contributed by atoms with van der Waals surface area (Å²) in [7, 11) is 3.13. The summed E-state index contributed by atoms with van der Waals surface area (Å²) in [5, 5.41) is 12.5. The molecule has 2 N–H and O–H groups in total. The minimum absolute atomic E-state index is 0.0452. The van der Waals surface area contributed by atoms with E-state index in [1.54, 1.807) is 32.5 Å². The molecule has 148 valence electrons. The summed E-state index contributed by atoms with van der Waals surface area (Å²) in [6, 6.07) is 14.8. The van der Waals surface area contributed by atoms with Crippen LogP contribution in [0.3, 0.4) is 0 Å². The Balaban J connectivity index is 2.00. The Bertz CT molecular complexity index is 1090. The van der Waals surface area contributed by atoms with Gasteiger partial charge in [-0.2, -0.15) is 0 Å². The van der Waals surface area contributed by atoms with Crippen molar-refractivity contribution < 1.29 is 24.2 Å². The molecule has 1 aliphatic rings. The number of aromatic nitrogens is 1. The number of carbonyl (C=O) groups excluding carboxylic acids is 1. The molecule has 1 unspecified atom stereocenters. The molecule has 1 amide bonds. The Kier molecular flexibility index (Phi) is 4.72. The largest absolute Gasteiger partial charge is 0.497 e. The predicted octanol–water partition coefficient (Wildman–Crippen LogP) is 3.67. The van der Waals surface area contributed by atoms with Gasteiger partial charge in [-0.25, -0.2) is 4.79 Å². The summed E-state index contributed by atoms with van der Waals surface area (Å²) in [6.07, 6.45) is 1.71. The first-order valence-electron chi connectivity index (χ1n) is 9.09. The fraction of sp³-hybridized carbons (Fsp3) is 0.182. The van der Waals surface area contributed by atoms with Gasteiger partial charge in [0.1, 0.15) is 17.1 Å². The second-order valence-corrected chi connectivity index (χ2v) is 6.73. The Labute approximate surface area is 167 Å². The average molecular weight is 392 g/mol. The number of para-hydroxylation sites is 1. The van der Waals surface area contributed by atoms with E-state index in [1.165, 1.54) is 0 Å². The maximum Gasteiger partial charge on any atom is 0.339 e. The van der Waals surface area contributed by atoms with Crippen molar-refractivity contribution in [1.82, 2.24) is 4.57 Å². The van der Waals surface area contributed by atoms with Gasteiger partial charge in [0.25, 0.3) is 0 Å². The molecule has 0 fully saturated rings. The van der Waals surface area contributed by atoms with E-state index in [9.17, 15) is 14.7 Å². The van der Waals surface area contributed by atoms with E-state index in [1.807, 2.05) is 41.0 Å². The fourth-order valence-corrected chi connectivity index (χ4v) is 3.80. The third kappa shape index (κ3) is 3.20. The summed E-state index contributed by atoms with van der Waals surface area (Å²) in [4.78, 5) is 24.4. The first kappa shape index (κ1) is 18.6. The Morgan fingerprint density at radius 2 is 1.90 bits per heavy atom. The van der Waals surface area contributed by atoms with Gasteiger partial charge in [-0.3, -0.25) is 4.79 Å². The monoisotopic (exact) mass is 392 g/mol. The van der Waals surface area contributed by atoms with Gasteiger partial charge in [0.05, 0.1) is 25.6 Å². The molecule has 0 radical (unpaired) electrons. The van der Waals surface area contributed by atoms with Crippen molar-refractivity contribution in [3.8, 4) is 17.2 Å². The first-order chi connectivity index (χ1) is 14.0. The summed E-state index contributed by atoms with van der Waals surface area (Å²) in [5.41, 5.74) is 2.62. The van der Waals surface area contributed by atoms with E-state index >= 15 is 0 Å². The molecular weight excluding hydrogens is 372 g/mol. The first-order valence-corrected chi connectivity index (χ1v) is 9.09. The number of ether oxygens (including phenoxy) is 2. The molecule has 2 aromatic carbocycles. The number of rotatable bonds is 5. The standard InChI is InChI=1S/C22H20N2O5/c1-28-14-8-9-18(29-2)15(10-14)16-11-19(25)23-20-17(22(26)27)12-24(21(16)20)13-6-4-3-5-7-13/h3-10,12,16H,11H2,1-2H3,(H,23,25)(H,26,27). The average Bonchev–Trinajstić information content (AvgIpc) is 3.13. The summed E-state index contributed by atoms with van der Waals surface area (Å²) in [5.74, 6) is -0.522. The Hall–Kier alpha value is -3.74. The van der Waals surface area contributed by atoms with E-state index in [4.69, 9.17) is 9.47 Å². The van der Waals surface area contributed by atoms with Gasteiger partial charge in [0.15, 0.2) is 0 Å². The number of hydrogen-bond donors (Lipinski definition) is 2. The molecular formula is C22H20N2O5. The van der Waals surface area contributed by atoms with Crippen molar-refractivity contribution >= 4 is 17.6 Å². The minimum Gasteiger partial charge on any atom is -0.497 e. The molecule has 0 saturated carbocycles. The number of carbonyl (C=O) groups is 2. The lowest BCUT2D eigenvalue weighted by Crippen LogP contribution is -2.25. The highest BCUT2D eigenvalue weighted by atomic mass is 16.5. The van der Waals surface area contributed by atoms with E-state index in [2.05, 4.69) is 5.32 Å². The predicted molar refractivity (Wildman–Crippen MR) is 107 cm³/mol. The molecule has 0 spiro atoms. The quantitative estimate of drug-likeness (QED) is 0.692. The number of nitrogens with zero attached hydrogens (tertiary/aromatic N) is 1. The van der Waals surface area contributed by atoms with Gasteiger partial charge in [-0.15, -0.1) is 0 Å². The smallest absolute Gasteiger partial charge is 0.339 e. The maximum atomic E-state index is 12.5. The molecule has 1 atom stereocenters. The second kappa shape index (κ2) is 7.35. The van der Waals surface area contributed by atoms with Gasteiger partial charge in [-0.05, 0) is 30.3 Å². The van der Waals surface area contributed by atoms with Gasteiger partial charge < -0.3 is 24.5 Å². The van der Waals surface area contributed by atoms with Crippen LogP contribution in [0.15, 0.2) is 54.7 Å². The second-order valence-electron chi connectivity index (χ2n) is 6.73. The van der Waals surface area contributed by atoms with Gasteiger partial charge in [0, 0.05) is 29.8 Å². The Morgan fingerprint density at radius 1 is 1.14 bits per heavy atom. The van der Waals surface area contributed by atoms with Crippen LogP contribution in [0.25, 0.3) is 5.69 Å². The van der Waals surface area contributed by atoms with Crippen LogP contribution < -0.4 is 14.8 Å². The maximum absolute atomic E-state index is 12.5. The topological polar surface area (TPSA) is 89.8 Å². The van der Waals surface area contributed by atoms with Crippen molar-refractivity contribution in [2.24, 2.45) is 0 Å². The molecule has 4 rings (SSSR count). The lowest BCUT2D eigenvalue weighted by atomic mass is 9.87. The normalized spacial score (nSPS) is 15.4. The molecule has 0 aliphatic carbocycles. The molecule has 1 aliphatic heterocycles. The number of amides is 1. The number of anilines is 1. The minimum atomic E-state index is -1.10. The molecule has 1 aromatic heterocycles. The van der Waals surface area contributed by atoms with Crippen molar-refractivity contribution in [3.05, 3.63) is 71.5 Å². The highest BCUT2D eigenvalue weighted by Crippen LogP contribution is 2.45. The van der Waals surface area contributed by atoms with Crippen molar-refractivity contribution in [3.63, 3.8) is 0 Å². The third-order valence-electron chi connectivity index (χ3n) is 5.10. The van der Waals surface area contributed by atoms with Crippen LogP contribution in [-0.2, 0) is 4.79 Å². The molecule has 2 heterocycles. The molecule has 0 bridgehead atoms. The number of fused-ring (bicyclic) bond motifs is 1. The van der Waals surface area contributed by atoms with Crippen LogP contribution in [-0.4, -0.2) is 35.8 Å². The molecule has 7 heteroatoms. The van der Waals surface area contributed by atoms with Gasteiger partial charge in [0.2, 0.25) is 5.91 Å². The van der Waals surface area contributed by atoms with Crippen LogP contribution in [0, 0.1) is 0 Å². The van der Waals surface area contributed by atoms with E-state index < -0.39 is 11.9 Å². The van der Waals surface area contributed by atoms with Crippen molar-refractivity contribution in [1.29, 1.82) is 0 Å². The van der Waals surface area contributed by atoms with Crippen molar-refractivity contribution in [2.75, 3.05) is 19.5 Å². The number of carboxylic acid groups (broad SMARTS) is 1. The van der Waals surface area contributed by atoms with Gasteiger partial charge >= 0.3 is 5.97 Å². The lowest BCUT2D eigenvalue weighted by Gasteiger charge is -2.27.